The molecule has 0 radical (unpaired) electrons. The smallest absolute Gasteiger partial charge is 0.243 e. The number of ketones is 1. The lowest BCUT2D eigenvalue weighted by Gasteiger charge is -2.33. The zero-order valence-corrected chi connectivity index (χ0v) is 19.1. The highest BCUT2D eigenvalue weighted by atomic mass is 32.2. The summed E-state index contributed by atoms with van der Waals surface area (Å²) in [5, 5.41) is 2.59. The number of hydrogen-bond donors (Lipinski definition) is 1. The number of halogens is 1. The van der Waals surface area contributed by atoms with E-state index in [2.05, 4.69) is 10.3 Å². The van der Waals surface area contributed by atoms with Crippen molar-refractivity contribution in [3.8, 4) is 0 Å². The highest BCUT2D eigenvalue weighted by Gasteiger charge is 2.38. The quantitative estimate of drug-likeness (QED) is 0.564. The molecule has 1 atom stereocenters. The van der Waals surface area contributed by atoms with Crippen LogP contribution in [0.1, 0.15) is 24.0 Å². The number of sulfonamides is 1. The lowest BCUT2D eigenvalue weighted by molar-refractivity contribution is -0.118. The Labute approximate surface area is 197 Å². The minimum atomic E-state index is -3.99. The fraction of sp³-hybridized carbons (Fsp3) is 0.160. The van der Waals surface area contributed by atoms with E-state index in [9.17, 15) is 22.4 Å². The molecular formula is C25H22FN3O4S. The number of amides is 1. The van der Waals surface area contributed by atoms with Crippen molar-refractivity contribution in [1.82, 2.24) is 9.29 Å². The van der Waals surface area contributed by atoms with E-state index in [-0.39, 0.29) is 40.8 Å². The Morgan fingerprint density at radius 2 is 1.76 bits per heavy atom. The Balaban J connectivity index is 1.73. The van der Waals surface area contributed by atoms with Gasteiger partial charge in [0, 0.05) is 49.2 Å². The first-order valence-corrected chi connectivity index (χ1v) is 12.0. The molecule has 4 rings (SSSR count). The molecule has 34 heavy (non-hydrogen) atoms. The molecule has 1 aliphatic rings. The first kappa shape index (κ1) is 23.5. The lowest BCUT2D eigenvalue weighted by atomic mass is 9.87. The monoisotopic (exact) mass is 479 g/mol. The number of carbonyl (C=O) groups is 2. The van der Waals surface area contributed by atoms with Crippen LogP contribution in [0.15, 0.2) is 83.5 Å². The summed E-state index contributed by atoms with van der Waals surface area (Å²) in [7, 11) is -3.99. The van der Waals surface area contributed by atoms with Crippen LogP contribution in [0.2, 0.25) is 0 Å². The molecule has 1 N–H and O–H groups in total. The van der Waals surface area contributed by atoms with Gasteiger partial charge in [0.2, 0.25) is 15.9 Å². The van der Waals surface area contributed by atoms with Crippen molar-refractivity contribution in [2.45, 2.75) is 17.7 Å². The molecule has 2 aromatic carbocycles. The topological polar surface area (TPSA) is 96.4 Å². The van der Waals surface area contributed by atoms with Gasteiger partial charge in [0.25, 0.3) is 0 Å². The lowest BCUT2D eigenvalue weighted by Crippen LogP contribution is -2.44. The van der Waals surface area contributed by atoms with Crippen LogP contribution in [-0.4, -0.2) is 42.5 Å². The summed E-state index contributed by atoms with van der Waals surface area (Å²) in [6.45, 7) is 1.11. The minimum absolute atomic E-state index is 0.0228. The normalized spacial score (nSPS) is 18.1. The second-order valence-corrected chi connectivity index (χ2v) is 9.83. The van der Waals surface area contributed by atoms with Crippen LogP contribution in [0.25, 0.3) is 6.08 Å². The van der Waals surface area contributed by atoms with Crippen molar-refractivity contribution in [2.24, 2.45) is 0 Å². The molecule has 0 saturated carbocycles. The number of anilines is 1. The SMILES string of the molecule is CC(=O)Nc1ccc(S(=O)(=O)N2CC(=Cc3ccccc3F)C(=O)C(c3ccncc3)C2)cc1. The van der Waals surface area contributed by atoms with Gasteiger partial charge in [-0.15, -0.1) is 0 Å². The maximum absolute atomic E-state index is 14.3. The predicted octanol–water partition coefficient (Wildman–Crippen LogP) is 3.62. The third-order valence-electron chi connectivity index (χ3n) is 5.52. The average Bonchev–Trinajstić information content (AvgIpc) is 2.82. The molecule has 1 fully saturated rings. The number of pyridine rings is 1. The zero-order valence-electron chi connectivity index (χ0n) is 18.3. The van der Waals surface area contributed by atoms with Crippen molar-refractivity contribution in [2.75, 3.05) is 18.4 Å². The second kappa shape index (κ2) is 9.66. The third-order valence-corrected chi connectivity index (χ3v) is 7.35. The molecule has 3 aromatic rings. The van der Waals surface area contributed by atoms with Gasteiger partial charge in [-0.25, -0.2) is 12.8 Å². The van der Waals surface area contributed by atoms with E-state index in [1.165, 1.54) is 66.1 Å². The van der Waals surface area contributed by atoms with Gasteiger partial charge in [-0.2, -0.15) is 4.31 Å². The number of rotatable bonds is 5. The number of Topliss-reactive ketones (excluding diaryl/α,β-unsaturated/α-hetero) is 1. The number of nitrogens with zero attached hydrogens (tertiary/aromatic N) is 2. The van der Waals surface area contributed by atoms with Gasteiger partial charge < -0.3 is 5.32 Å². The highest BCUT2D eigenvalue weighted by Crippen LogP contribution is 2.32. The van der Waals surface area contributed by atoms with E-state index < -0.39 is 21.8 Å². The van der Waals surface area contributed by atoms with Crippen LogP contribution in [0.5, 0.6) is 0 Å². The first-order valence-electron chi connectivity index (χ1n) is 10.5. The summed E-state index contributed by atoms with van der Waals surface area (Å²) < 4.78 is 42.5. The van der Waals surface area contributed by atoms with Crippen LogP contribution >= 0.6 is 0 Å². The largest absolute Gasteiger partial charge is 0.326 e. The number of aromatic nitrogens is 1. The number of benzene rings is 2. The molecule has 0 spiro atoms. The van der Waals surface area contributed by atoms with Gasteiger partial charge in [0.1, 0.15) is 5.82 Å². The Hall–Kier alpha value is -3.69. The van der Waals surface area contributed by atoms with Gasteiger partial charge in [-0.3, -0.25) is 14.6 Å². The predicted molar refractivity (Wildman–Crippen MR) is 126 cm³/mol. The zero-order chi connectivity index (χ0) is 24.3. The number of hydrogen-bond acceptors (Lipinski definition) is 5. The second-order valence-electron chi connectivity index (χ2n) is 7.89. The maximum Gasteiger partial charge on any atom is 0.243 e. The molecule has 1 saturated heterocycles. The standard InChI is InChI=1S/C25H22FN3O4S/c1-17(30)28-21-6-8-22(9-7-21)34(32,33)29-15-20(14-19-4-2-3-5-24(19)26)25(31)23(16-29)18-10-12-27-13-11-18/h2-14,23H,15-16H2,1H3,(H,28,30). The molecule has 174 valence electrons. The molecule has 1 amide bonds. The van der Waals surface area contributed by atoms with Crippen molar-refractivity contribution in [1.29, 1.82) is 0 Å². The Kier molecular flexibility index (Phi) is 6.67. The highest BCUT2D eigenvalue weighted by molar-refractivity contribution is 7.89. The van der Waals surface area contributed by atoms with Crippen molar-refractivity contribution in [3.63, 3.8) is 0 Å². The third kappa shape index (κ3) is 4.95. The molecule has 9 heteroatoms. The number of carbonyl (C=O) groups excluding carboxylic acids is 2. The van der Waals surface area contributed by atoms with Crippen LogP contribution < -0.4 is 5.32 Å². The molecule has 1 aliphatic heterocycles. The number of piperidine rings is 1. The van der Waals surface area contributed by atoms with Crippen LogP contribution in [0.4, 0.5) is 10.1 Å². The van der Waals surface area contributed by atoms with Crippen molar-refractivity contribution < 1.29 is 22.4 Å². The van der Waals surface area contributed by atoms with Crippen molar-refractivity contribution in [3.05, 3.63) is 95.6 Å². The van der Waals surface area contributed by atoms with E-state index in [1.807, 2.05) is 0 Å². The van der Waals surface area contributed by atoms with Crippen LogP contribution in [-0.2, 0) is 19.6 Å². The summed E-state index contributed by atoms with van der Waals surface area (Å²) in [5.41, 5.74) is 1.49. The van der Waals surface area contributed by atoms with E-state index in [4.69, 9.17) is 0 Å². The van der Waals surface area contributed by atoms with Gasteiger partial charge >= 0.3 is 0 Å². The van der Waals surface area contributed by atoms with Gasteiger partial charge in [0.15, 0.2) is 5.78 Å². The van der Waals surface area contributed by atoms with Gasteiger partial charge in [-0.1, -0.05) is 18.2 Å². The van der Waals surface area contributed by atoms with Crippen molar-refractivity contribution >= 4 is 33.5 Å². The molecule has 7 nitrogen and oxygen atoms in total. The Morgan fingerprint density at radius 1 is 1.09 bits per heavy atom. The Morgan fingerprint density at radius 3 is 2.41 bits per heavy atom. The van der Waals surface area contributed by atoms with Gasteiger partial charge in [-0.05, 0) is 54.1 Å². The molecule has 0 bridgehead atoms. The van der Waals surface area contributed by atoms with E-state index in [0.29, 0.717) is 11.3 Å². The Bertz CT molecular complexity index is 1360. The minimum Gasteiger partial charge on any atom is -0.326 e. The fourth-order valence-electron chi connectivity index (χ4n) is 3.84. The van der Waals surface area contributed by atoms with E-state index in [0.717, 1.165) is 0 Å². The van der Waals surface area contributed by atoms with Crippen LogP contribution in [0, 0.1) is 5.82 Å². The maximum atomic E-state index is 14.3. The summed E-state index contributed by atoms with van der Waals surface area (Å²) in [6, 6.07) is 15.1. The number of nitrogens with one attached hydrogen (secondary N) is 1. The average molecular weight is 480 g/mol. The summed E-state index contributed by atoms with van der Waals surface area (Å²) in [4.78, 5) is 28.6. The van der Waals surface area contributed by atoms with Crippen LogP contribution in [0.3, 0.4) is 0 Å². The molecule has 1 unspecified atom stereocenters. The molecule has 2 heterocycles. The van der Waals surface area contributed by atoms with E-state index >= 15 is 0 Å². The molecule has 0 aliphatic carbocycles. The van der Waals surface area contributed by atoms with E-state index in [1.54, 1.807) is 24.3 Å². The fourth-order valence-corrected chi connectivity index (χ4v) is 5.27. The van der Waals surface area contributed by atoms with Gasteiger partial charge in [0.05, 0.1) is 10.8 Å². The first-order chi connectivity index (χ1) is 16.3. The summed E-state index contributed by atoms with van der Waals surface area (Å²) in [6.07, 6.45) is 4.49. The summed E-state index contributed by atoms with van der Waals surface area (Å²) in [5.74, 6) is -1.80. The summed E-state index contributed by atoms with van der Waals surface area (Å²) >= 11 is 0. The molecular weight excluding hydrogens is 457 g/mol. The molecule has 1 aromatic heterocycles.